The Morgan fingerprint density at radius 1 is 1.30 bits per heavy atom. The van der Waals surface area contributed by atoms with Crippen molar-refractivity contribution < 1.29 is 0 Å². The van der Waals surface area contributed by atoms with Crippen LogP contribution in [0.25, 0.3) is 0 Å². The summed E-state index contributed by atoms with van der Waals surface area (Å²) in [5, 5.41) is 3.54. The van der Waals surface area contributed by atoms with Crippen LogP contribution < -0.4 is 5.32 Å². The number of thiophene rings is 1. The Morgan fingerprint density at radius 2 is 2.15 bits per heavy atom. The summed E-state index contributed by atoms with van der Waals surface area (Å²) in [4.78, 5) is 3.73. The van der Waals surface area contributed by atoms with Gasteiger partial charge in [0.15, 0.2) is 0 Å². The van der Waals surface area contributed by atoms with Crippen LogP contribution in [0.5, 0.6) is 0 Å². The molecule has 0 saturated carbocycles. The summed E-state index contributed by atoms with van der Waals surface area (Å²) in [5.41, 5.74) is 2.74. The first-order chi connectivity index (χ1) is 9.70. The van der Waals surface area contributed by atoms with E-state index in [2.05, 4.69) is 47.6 Å². The van der Waals surface area contributed by atoms with E-state index in [1.807, 2.05) is 6.07 Å². The molecular formula is C16H19ClN2S. The molecule has 0 aliphatic carbocycles. The number of nitrogens with zero attached hydrogens (tertiary/aromatic N) is 1. The summed E-state index contributed by atoms with van der Waals surface area (Å²) in [5.74, 6) is 0.672. The first-order valence-corrected chi connectivity index (χ1v) is 8.14. The second kappa shape index (κ2) is 6.17. The topological polar surface area (TPSA) is 15.3 Å². The fraction of sp³-hybridized carbons (Fsp3) is 0.375. The van der Waals surface area contributed by atoms with Crippen LogP contribution in [0.1, 0.15) is 10.4 Å². The minimum absolute atomic E-state index is 0.672. The van der Waals surface area contributed by atoms with Gasteiger partial charge in [-0.15, -0.1) is 11.3 Å². The van der Waals surface area contributed by atoms with Gasteiger partial charge in [0, 0.05) is 30.2 Å². The van der Waals surface area contributed by atoms with Crippen molar-refractivity contribution in [3.63, 3.8) is 0 Å². The molecule has 1 aliphatic rings. The van der Waals surface area contributed by atoms with Crippen molar-refractivity contribution in [3.05, 3.63) is 51.2 Å². The Bertz CT molecular complexity index is 581. The minimum atomic E-state index is 0.672. The van der Waals surface area contributed by atoms with Gasteiger partial charge in [-0.3, -0.25) is 0 Å². The van der Waals surface area contributed by atoms with Gasteiger partial charge in [0.25, 0.3) is 0 Å². The van der Waals surface area contributed by atoms with Crippen molar-refractivity contribution in [2.45, 2.75) is 13.0 Å². The Kier molecular flexibility index (Phi) is 4.29. The van der Waals surface area contributed by atoms with Gasteiger partial charge in [0.1, 0.15) is 0 Å². The van der Waals surface area contributed by atoms with Gasteiger partial charge in [0.2, 0.25) is 0 Å². The SMILES string of the molecule is CN(Cc1ccc(Cl)s1)CC1CNc2ccccc2C1. The van der Waals surface area contributed by atoms with Crippen molar-refractivity contribution >= 4 is 28.6 Å². The third kappa shape index (κ3) is 3.35. The summed E-state index contributed by atoms with van der Waals surface area (Å²) >= 11 is 7.66. The van der Waals surface area contributed by atoms with Crippen LogP contribution >= 0.6 is 22.9 Å². The van der Waals surface area contributed by atoms with E-state index in [-0.39, 0.29) is 0 Å². The first-order valence-electron chi connectivity index (χ1n) is 6.95. The van der Waals surface area contributed by atoms with Gasteiger partial charge < -0.3 is 10.2 Å². The second-order valence-electron chi connectivity index (χ2n) is 5.51. The Labute approximate surface area is 129 Å². The fourth-order valence-corrected chi connectivity index (χ4v) is 4.01. The van der Waals surface area contributed by atoms with Crippen LogP contribution in [0.3, 0.4) is 0 Å². The summed E-state index contributed by atoms with van der Waals surface area (Å²) < 4.78 is 0.877. The average molecular weight is 307 g/mol. The monoisotopic (exact) mass is 306 g/mol. The van der Waals surface area contributed by atoms with Crippen LogP contribution in [-0.2, 0) is 13.0 Å². The minimum Gasteiger partial charge on any atom is -0.384 e. The molecule has 0 fully saturated rings. The largest absolute Gasteiger partial charge is 0.384 e. The van der Waals surface area contributed by atoms with Crippen LogP contribution in [-0.4, -0.2) is 25.0 Å². The maximum atomic E-state index is 5.98. The van der Waals surface area contributed by atoms with Gasteiger partial charge in [-0.1, -0.05) is 29.8 Å². The molecule has 1 aromatic carbocycles. The second-order valence-corrected chi connectivity index (χ2v) is 7.31. The molecule has 0 radical (unpaired) electrons. The molecule has 2 heterocycles. The molecule has 1 unspecified atom stereocenters. The lowest BCUT2D eigenvalue weighted by Crippen LogP contribution is -2.33. The standard InChI is InChI=1S/C16H19ClN2S/c1-19(11-14-6-7-16(17)20-14)10-12-8-13-4-2-3-5-15(13)18-9-12/h2-7,12,18H,8-11H2,1H3. The van der Waals surface area contributed by atoms with E-state index >= 15 is 0 Å². The molecular weight excluding hydrogens is 288 g/mol. The number of rotatable bonds is 4. The van der Waals surface area contributed by atoms with Crippen LogP contribution in [0.15, 0.2) is 36.4 Å². The van der Waals surface area contributed by atoms with Crippen molar-refractivity contribution in [3.8, 4) is 0 Å². The molecule has 2 aromatic rings. The third-order valence-corrected chi connectivity index (χ3v) is 4.95. The number of hydrogen-bond donors (Lipinski definition) is 1. The zero-order valence-corrected chi connectivity index (χ0v) is 13.2. The van der Waals surface area contributed by atoms with E-state index in [4.69, 9.17) is 11.6 Å². The summed E-state index contributed by atoms with van der Waals surface area (Å²) in [6, 6.07) is 12.7. The smallest absolute Gasteiger partial charge is 0.0931 e. The molecule has 0 spiro atoms. The molecule has 20 heavy (non-hydrogen) atoms. The number of nitrogens with one attached hydrogen (secondary N) is 1. The maximum absolute atomic E-state index is 5.98. The van der Waals surface area contributed by atoms with E-state index in [0.29, 0.717) is 5.92 Å². The van der Waals surface area contributed by atoms with Gasteiger partial charge in [-0.25, -0.2) is 0 Å². The number of hydrogen-bond acceptors (Lipinski definition) is 3. The van der Waals surface area contributed by atoms with Crippen LogP contribution in [0, 0.1) is 5.92 Å². The highest BCUT2D eigenvalue weighted by atomic mass is 35.5. The van der Waals surface area contributed by atoms with E-state index in [1.165, 1.54) is 22.5 Å². The fourth-order valence-electron chi connectivity index (χ4n) is 2.85. The molecule has 1 aliphatic heterocycles. The summed E-state index contributed by atoms with van der Waals surface area (Å²) in [6.45, 7) is 3.15. The molecule has 1 N–H and O–H groups in total. The van der Waals surface area contributed by atoms with E-state index in [0.717, 1.165) is 24.0 Å². The number of anilines is 1. The number of fused-ring (bicyclic) bond motifs is 1. The molecule has 0 bridgehead atoms. The molecule has 2 nitrogen and oxygen atoms in total. The van der Waals surface area contributed by atoms with E-state index in [9.17, 15) is 0 Å². The van der Waals surface area contributed by atoms with Crippen LogP contribution in [0.2, 0.25) is 4.34 Å². The molecule has 0 amide bonds. The average Bonchev–Trinajstić information content (AvgIpc) is 2.83. The maximum Gasteiger partial charge on any atom is 0.0931 e. The summed E-state index contributed by atoms with van der Waals surface area (Å²) in [6.07, 6.45) is 1.17. The third-order valence-electron chi connectivity index (χ3n) is 3.73. The Hall–Kier alpha value is -1.03. The number of halogens is 1. The van der Waals surface area contributed by atoms with E-state index < -0.39 is 0 Å². The predicted octanol–water partition coefficient (Wildman–Crippen LogP) is 4.12. The molecule has 106 valence electrons. The molecule has 4 heteroatoms. The molecule has 1 aromatic heterocycles. The highest BCUT2D eigenvalue weighted by Crippen LogP contribution is 2.26. The first kappa shape index (κ1) is 13.9. The van der Waals surface area contributed by atoms with E-state index in [1.54, 1.807) is 11.3 Å². The normalized spacial score (nSPS) is 17.9. The Balaban J connectivity index is 1.56. The van der Waals surface area contributed by atoms with Gasteiger partial charge in [0.05, 0.1) is 4.34 Å². The lowest BCUT2D eigenvalue weighted by molar-refractivity contribution is 0.273. The Morgan fingerprint density at radius 3 is 2.95 bits per heavy atom. The lowest BCUT2D eigenvalue weighted by Gasteiger charge is -2.29. The quantitative estimate of drug-likeness (QED) is 0.914. The van der Waals surface area contributed by atoms with Crippen molar-refractivity contribution in [2.75, 3.05) is 25.5 Å². The predicted molar refractivity (Wildman–Crippen MR) is 87.8 cm³/mol. The summed E-state index contributed by atoms with van der Waals surface area (Å²) in [7, 11) is 2.19. The zero-order valence-electron chi connectivity index (χ0n) is 11.6. The lowest BCUT2D eigenvalue weighted by atomic mass is 9.93. The molecule has 3 rings (SSSR count). The molecule has 1 atom stereocenters. The van der Waals surface area contributed by atoms with Crippen molar-refractivity contribution in [1.82, 2.24) is 4.90 Å². The van der Waals surface area contributed by atoms with Gasteiger partial charge in [-0.05, 0) is 43.1 Å². The van der Waals surface area contributed by atoms with Crippen molar-refractivity contribution in [1.29, 1.82) is 0 Å². The number of benzene rings is 1. The molecule has 0 saturated heterocycles. The zero-order chi connectivity index (χ0) is 13.9. The van der Waals surface area contributed by atoms with Crippen molar-refractivity contribution in [2.24, 2.45) is 5.92 Å². The highest BCUT2D eigenvalue weighted by molar-refractivity contribution is 7.16. The number of para-hydroxylation sites is 1. The van der Waals surface area contributed by atoms with Crippen LogP contribution in [0.4, 0.5) is 5.69 Å². The van der Waals surface area contributed by atoms with Gasteiger partial charge >= 0.3 is 0 Å². The van der Waals surface area contributed by atoms with Gasteiger partial charge in [-0.2, -0.15) is 0 Å². The highest BCUT2D eigenvalue weighted by Gasteiger charge is 2.19.